The van der Waals surface area contributed by atoms with Gasteiger partial charge in [0, 0.05) is 26.7 Å². The normalized spacial score (nSPS) is 11.7. The van der Waals surface area contributed by atoms with Crippen molar-refractivity contribution in [2.75, 3.05) is 0 Å². The van der Waals surface area contributed by atoms with E-state index in [0.717, 1.165) is 0 Å². The zero-order valence-corrected chi connectivity index (χ0v) is 17.2. The molecule has 30 heavy (non-hydrogen) atoms. The topological polar surface area (TPSA) is 78.2 Å². The highest BCUT2D eigenvalue weighted by molar-refractivity contribution is 6.33. The van der Waals surface area contributed by atoms with Crippen molar-refractivity contribution in [3.05, 3.63) is 106 Å². The van der Waals surface area contributed by atoms with Crippen LogP contribution in [0.25, 0.3) is 0 Å². The van der Waals surface area contributed by atoms with Crippen LogP contribution in [0.5, 0.6) is 0 Å². The van der Waals surface area contributed by atoms with Crippen molar-refractivity contribution in [2.45, 2.75) is 0 Å². The number of benzene rings is 3. The van der Waals surface area contributed by atoms with Crippen LogP contribution in [-0.4, -0.2) is 24.3 Å². The number of carbonyl (C=O) groups excluding carboxylic acids is 1. The van der Waals surface area contributed by atoms with E-state index < -0.39 is 0 Å². The van der Waals surface area contributed by atoms with Crippen LogP contribution in [-0.2, 0) is 0 Å². The van der Waals surface area contributed by atoms with E-state index in [1.54, 1.807) is 42.5 Å². The highest BCUT2D eigenvalue weighted by Gasteiger charge is 2.08. The van der Waals surface area contributed by atoms with Gasteiger partial charge < -0.3 is 0 Å². The summed E-state index contributed by atoms with van der Waals surface area (Å²) >= 11 is 12.2. The first kappa shape index (κ1) is 21.2. The van der Waals surface area contributed by atoms with Gasteiger partial charge in [0.1, 0.15) is 0 Å². The molecule has 0 spiro atoms. The largest absolute Gasteiger partial charge is 0.290 e. The summed E-state index contributed by atoms with van der Waals surface area (Å²) in [5, 5.41) is 15.8. The van der Waals surface area contributed by atoms with Gasteiger partial charge >= 0.3 is 0 Å². The Kier molecular flexibility index (Phi) is 7.71. The van der Waals surface area contributed by atoms with Crippen molar-refractivity contribution in [1.29, 1.82) is 0 Å². The molecule has 6 nitrogen and oxygen atoms in total. The second-order valence-corrected chi connectivity index (χ2v) is 6.74. The molecule has 0 heterocycles. The fraction of sp³-hybridized carbons (Fsp3) is 0. The van der Waals surface area contributed by atoms with Gasteiger partial charge in [-0.05, 0) is 24.3 Å². The summed E-state index contributed by atoms with van der Waals surface area (Å²) in [7, 11) is 0. The summed E-state index contributed by atoms with van der Waals surface area (Å²) in [4.78, 5) is 12.5. The molecule has 8 heteroatoms. The minimum atomic E-state index is -0.359. The lowest BCUT2D eigenvalue weighted by atomic mass is 10.2. The predicted molar refractivity (Wildman–Crippen MR) is 123 cm³/mol. The Hall–Kier alpha value is -3.48. The summed E-state index contributed by atoms with van der Waals surface area (Å²) in [5.74, 6) is -0.321. The molecule has 0 aliphatic rings. The van der Waals surface area contributed by atoms with Crippen LogP contribution in [0.4, 0.5) is 0 Å². The van der Waals surface area contributed by atoms with Crippen LogP contribution in [0, 0.1) is 0 Å². The third kappa shape index (κ3) is 6.27. The summed E-state index contributed by atoms with van der Waals surface area (Å²) < 4.78 is 0. The molecule has 2 N–H and O–H groups in total. The van der Waals surface area contributed by atoms with E-state index in [4.69, 9.17) is 23.2 Å². The van der Waals surface area contributed by atoms with Gasteiger partial charge in [-0.2, -0.15) is 10.2 Å². The Morgan fingerprint density at radius 3 is 1.97 bits per heavy atom. The van der Waals surface area contributed by atoms with Gasteiger partial charge in [-0.1, -0.05) is 77.8 Å². The second-order valence-electron chi connectivity index (χ2n) is 5.93. The first-order chi connectivity index (χ1) is 14.6. The molecular formula is C22H17Cl2N5O. The Bertz CT molecular complexity index is 1100. The molecule has 1 amide bonds. The van der Waals surface area contributed by atoms with Gasteiger partial charge in [-0.3, -0.25) is 10.1 Å². The molecule has 0 saturated carbocycles. The smallest absolute Gasteiger partial charge is 0.258 e. The maximum Gasteiger partial charge on any atom is 0.258 e. The average Bonchev–Trinajstić information content (AvgIpc) is 2.77. The molecule has 0 fully saturated rings. The third-order valence-corrected chi connectivity index (χ3v) is 4.50. The molecule has 0 bridgehead atoms. The highest BCUT2D eigenvalue weighted by atomic mass is 35.5. The van der Waals surface area contributed by atoms with Crippen LogP contribution in [0.15, 0.2) is 94.2 Å². The average molecular weight is 438 g/mol. The van der Waals surface area contributed by atoms with Crippen LogP contribution in [0.3, 0.4) is 0 Å². The quantitative estimate of drug-likeness (QED) is 0.343. The van der Waals surface area contributed by atoms with Gasteiger partial charge in [0.05, 0.1) is 12.4 Å². The number of nitrogens with zero attached hydrogens (tertiary/aromatic N) is 3. The van der Waals surface area contributed by atoms with E-state index in [-0.39, 0.29) is 11.9 Å². The van der Waals surface area contributed by atoms with Crippen molar-refractivity contribution >= 4 is 47.5 Å². The molecule has 3 rings (SSSR count). The second kappa shape index (κ2) is 10.9. The van der Waals surface area contributed by atoms with Crippen molar-refractivity contribution in [2.24, 2.45) is 15.3 Å². The predicted octanol–water partition coefficient (Wildman–Crippen LogP) is 4.74. The number of halogens is 2. The van der Waals surface area contributed by atoms with Crippen molar-refractivity contribution in [3.63, 3.8) is 0 Å². The van der Waals surface area contributed by atoms with Gasteiger partial charge in [0.2, 0.25) is 5.96 Å². The fourth-order valence-electron chi connectivity index (χ4n) is 2.32. The molecule has 0 aliphatic carbocycles. The maximum absolute atomic E-state index is 12.5. The summed E-state index contributed by atoms with van der Waals surface area (Å²) in [6.45, 7) is 0. The van der Waals surface area contributed by atoms with Crippen LogP contribution in [0.1, 0.15) is 21.5 Å². The Morgan fingerprint density at radius 2 is 1.33 bits per heavy atom. The van der Waals surface area contributed by atoms with Crippen molar-refractivity contribution in [1.82, 2.24) is 10.7 Å². The molecule has 0 unspecified atom stereocenters. The van der Waals surface area contributed by atoms with E-state index in [2.05, 4.69) is 26.0 Å². The van der Waals surface area contributed by atoms with E-state index in [0.29, 0.717) is 26.7 Å². The Labute approximate surface area is 183 Å². The molecule has 0 radical (unpaired) electrons. The number of rotatable bonds is 5. The number of hydrogen-bond acceptors (Lipinski definition) is 4. The molecule has 0 atom stereocenters. The fourth-order valence-corrected chi connectivity index (χ4v) is 2.68. The van der Waals surface area contributed by atoms with Gasteiger partial charge in [0.15, 0.2) is 0 Å². The van der Waals surface area contributed by atoms with Gasteiger partial charge in [-0.25, -0.2) is 5.43 Å². The molecule has 3 aromatic rings. The van der Waals surface area contributed by atoms with Gasteiger partial charge in [-0.15, -0.1) is 5.10 Å². The molecule has 0 aliphatic heterocycles. The number of nitrogens with one attached hydrogen (secondary N) is 2. The van der Waals surface area contributed by atoms with Crippen LogP contribution < -0.4 is 10.7 Å². The number of amides is 1. The minimum absolute atomic E-state index is 0.0375. The van der Waals surface area contributed by atoms with E-state index >= 15 is 0 Å². The number of hydrazone groups is 1. The van der Waals surface area contributed by atoms with E-state index in [1.807, 2.05) is 36.4 Å². The van der Waals surface area contributed by atoms with E-state index in [9.17, 15) is 4.79 Å². The van der Waals surface area contributed by atoms with Crippen molar-refractivity contribution in [3.8, 4) is 0 Å². The zero-order chi connectivity index (χ0) is 21.2. The Morgan fingerprint density at radius 1 is 0.767 bits per heavy atom. The summed E-state index contributed by atoms with van der Waals surface area (Å²) in [6, 6.07) is 23.2. The molecule has 150 valence electrons. The lowest BCUT2D eigenvalue weighted by Gasteiger charge is -2.06. The summed E-state index contributed by atoms with van der Waals surface area (Å²) in [6.07, 6.45) is 3.00. The monoisotopic (exact) mass is 437 g/mol. The van der Waals surface area contributed by atoms with Gasteiger partial charge in [0.25, 0.3) is 5.91 Å². The van der Waals surface area contributed by atoms with Crippen LogP contribution >= 0.6 is 23.2 Å². The summed E-state index contributed by atoms with van der Waals surface area (Å²) in [5.41, 5.74) is 4.55. The number of carbonyl (C=O) groups is 1. The Balaban J connectivity index is 1.77. The SMILES string of the molecule is O=C(NC(=NN=Cc1ccccc1Cl)NN=Cc1ccccc1Cl)c1ccccc1. The van der Waals surface area contributed by atoms with Crippen molar-refractivity contribution < 1.29 is 4.79 Å². The standard InChI is InChI=1S/C22H17Cl2N5O/c23-19-12-6-4-10-17(19)14-25-28-22(27-21(30)16-8-2-1-3-9-16)29-26-15-18-11-5-7-13-20(18)24/h1-15H,(H2,27,28,29,30). The molecule has 0 aromatic heterocycles. The lowest BCUT2D eigenvalue weighted by Crippen LogP contribution is -2.38. The molecular weight excluding hydrogens is 421 g/mol. The number of hydrogen-bond donors (Lipinski definition) is 2. The molecule has 0 saturated heterocycles. The van der Waals surface area contributed by atoms with Crippen LogP contribution in [0.2, 0.25) is 10.0 Å². The molecule has 3 aromatic carbocycles. The highest BCUT2D eigenvalue weighted by Crippen LogP contribution is 2.13. The zero-order valence-electron chi connectivity index (χ0n) is 15.7. The first-order valence-electron chi connectivity index (χ1n) is 8.89. The minimum Gasteiger partial charge on any atom is -0.290 e. The maximum atomic E-state index is 12.5. The first-order valence-corrected chi connectivity index (χ1v) is 9.64. The number of guanidine groups is 1. The lowest BCUT2D eigenvalue weighted by molar-refractivity contribution is 0.0975. The van der Waals surface area contributed by atoms with E-state index in [1.165, 1.54) is 12.4 Å². The third-order valence-electron chi connectivity index (χ3n) is 3.81.